The van der Waals surface area contributed by atoms with Crippen LogP contribution in [0.15, 0.2) is 16.3 Å². The van der Waals surface area contributed by atoms with Gasteiger partial charge in [0.15, 0.2) is 0 Å². The molecule has 1 aliphatic rings. The Morgan fingerprint density at radius 1 is 1.26 bits per heavy atom. The van der Waals surface area contributed by atoms with Crippen LogP contribution in [0.5, 0.6) is 0 Å². The van der Waals surface area contributed by atoms with E-state index in [1.807, 2.05) is 0 Å². The molecule has 1 aromatic heterocycles. The van der Waals surface area contributed by atoms with E-state index >= 15 is 0 Å². The van der Waals surface area contributed by atoms with Crippen LogP contribution in [0, 0.1) is 0 Å². The number of rotatable bonds is 5. The Kier molecular flexibility index (Phi) is 5.25. The second kappa shape index (κ2) is 6.54. The number of thiophene rings is 1. The molecule has 0 spiro atoms. The second-order valence-corrected chi connectivity index (χ2v) is 8.44. The van der Waals surface area contributed by atoms with E-state index < -0.39 is 10.0 Å². The quantitative estimate of drug-likeness (QED) is 0.876. The highest BCUT2D eigenvalue weighted by Gasteiger charge is 2.26. The molecule has 1 saturated carbocycles. The van der Waals surface area contributed by atoms with Crippen molar-refractivity contribution in [2.45, 2.75) is 48.9 Å². The van der Waals surface area contributed by atoms with E-state index in [2.05, 4.69) is 17.0 Å². The van der Waals surface area contributed by atoms with Gasteiger partial charge in [0.05, 0.1) is 4.34 Å². The molecule has 1 aliphatic carbocycles. The fourth-order valence-electron chi connectivity index (χ4n) is 2.42. The van der Waals surface area contributed by atoms with Crippen molar-refractivity contribution in [3.8, 4) is 0 Å². The van der Waals surface area contributed by atoms with Crippen LogP contribution in [0.4, 0.5) is 0 Å². The zero-order chi connectivity index (χ0) is 13.9. The minimum absolute atomic E-state index is 0.0424. The first-order chi connectivity index (χ1) is 9.01. The Labute approximate surface area is 123 Å². The molecule has 0 bridgehead atoms. The van der Waals surface area contributed by atoms with Gasteiger partial charge in [0.2, 0.25) is 10.0 Å². The molecular formula is C12H19ClN2O2S2. The number of sulfonamides is 1. The normalized spacial score (nSPS) is 24.5. The topological polar surface area (TPSA) is 58.2 Å². The summed E-state index contributed by atoms with van der Waals surface area (Å²) in [7, 11) is -3.41. The first-order valence-electron chi connectivity index (χ1n) is 6.52. The molecule has 2 N–H and O–H groups in total. The van der Waals surface area contributed by atoms with Crippen molar-refractivity contribution in [2.75, 3.05) is 6.54 Å². The predicted octanol–water partition coefficient (Wildman–Crippen LogP) is 2.60. The van der Waals surface area contributed by atoms with Gasteiger partial charge in [0.25, 0.3) is 0 Å². The summed E-state index contributed by atoms with van der Waals surface area (Å²) in [6.45, 7) is 3.06. The average Bonchev–Trinajstić information content (AvgIpc) is 2.79. The summed E-state index contributed by atoms with van der Waals surface area (Å²) in [4.78, 5) is 0. The van der Waals surface area contributed by atoms with Crippen molar-refractivity contribution in [3.05, 3.63) is 16.5 Å². The molecule has 0 amide bonds. The number of hydrogen-bond donors (Lipinski definition) is 2. The number of hydrogen-bond acceptors (Lipinski definition) is 4. The molecule has 0 aromatic carbocycles. The van der Waals surface area contributed by atoms with Crippen LogP contribution < -0.4 is 10.0 Å². The molecule has 1 heterocycles. The van der Waals surface area contributed by atoms with Crippen molar-refractivity contribution in [2.24, 2.45) is 0 Å². The van der Waals surface area contributed by atoms with Gasteiger partial charge in [-0.15, -0.1) is 11.3 Å². The molecule has 7 heteroatoms. The first-order valence-corrected chi connectivity index (χ1v) is 9.20. The van der Waals surface area contributed by atoms with E-state index in [1.54, 1.807) is 12.1 Å². The summed E-state index contributed by atoms with van der Waals surface area (Å²) in [6, 6.07) is 3.74. The Balaban J connectivity index is 1.92. The van der Waals surface area contributed by atoms with Gasteiger partial charge >= 0.3 is 0 Å². The molecule has 4 nitrogen and oxygen atoms in total. The van der Waals surface area contributed by atoms with Crippen molar-refractivity contribution >= 4 is 33.0 Å². The molecule has 0 atom stereocenters. The van der Waals surface area contributed by atoms with E-state index in [4.69, 9.17) is 11.6 Å². The van der Waals surface area contributed by atoms with Gasteiger partial charge in [0, 0.05) is 12.1 Å². The molecule has 2 rings (SSSR count). The fourth-order valence-corrected chi connectivity index (χ4v) is 5.23. The molecular weight excluding hydrogens is 304 g/mol. The van der Waals surface area contributed by atoms with Crippen LogP contribution >= 0.6 is 22.9 Å². The maximum atomic E-state index is 12.1. The van der Waals surface area contributed by atoms with Crippen LogP contribution in [0.25, 0.3) is 0 Å². The van der Waals surface area contributed by atoms with Gasteiger partial charge < -0.3 is 5.32 Å². The third kappa shape index (κ3) is 4.16. The van der Waals surface area contributed by atoms with Crippen molar-refractivity contribution in [1.82, 2.24) is 10.0 Å². The van der Waals surface area contributed by atoms with E-state index in [1.165, 1.54) is 0 Å². The molecule has 0 radical (unpaired) electrons. The van der Waals surface area contributed by atoms with Crippen molar-refractivity contribution in [3.63, 3.8) is 0 Å². The van der Waals surface area contributed by atoms with Crippen LogP contribution in [0.2, 0.25) is 4.34 Å². The first kappa shape index (κ1) is 15.3. The lowest BCUT2D eigenvalue weighted by molar-refractivity contribution is 0.333. The molecule has 0 saturated heterocycles. The largest absolute Gasteiger partial charge is 0.314 e. The van der Waals surface area contributed by atoms with Gasteiger partial charge in [-0.1, -0.05) is 18.5 Å². The second-order valence-electron chi connectivity index (χ2n) is 4.79. The molecule has 1 aromatic rings. The predicted molar refractivity (Wildman–Crippen MR) is 79.4 cm³/mol. The summed E-state index contributed by atoms with van der Waals surface area (Å²) >= 11 is 6.88. The standard InChI is InChI=1S/C12H19ClN2O2S2/c1-2-14-9-3-5-10(6-4-9)15-19(16,17)12-8-7-11(13)18-12/h7-10,14-15H,2-6H2,1H3. The van der Waals surface area contributed by atoms with Crippen LogP contribution in [-0.2, 0) is 10.0 Å². The third-order valence-corrected chi connectivity index (χ3v) is 6.60. The van der Waals surface area contributed by atoms with Crippen molar-refractivity contribution in [1.29, 1.82) is 0 Å². The Bertz CT molecular complexity index is 508. The summed E-state index contributed by atoms with van der Waals surface area (Å²) in [5.74, 6) is 0. The fraction of sp³-hybridized carbons (Fsp3) is 0.667. The van der Waals surface area contributed by atoms with E-state index in [-0.39, 0.29) is 6.04 Å². The van der Waals surface area contributed by atoms with E-state index in [9.17, 15) is 8.42 Å². The molecule has 1 fully saturated rings. The van der Waals surface area contributed by atoms with Gasteiger partial charge in [-0.2, -0.15) is 0 Å². The van der Waals surface area contributed by atoms with Gasteiger partial charge in [0.1, 0.15) is 4.21 Å². The molecule has 0 unspecified atom stereocenters. The number of halogens is 1. The minimum atomic E-state index is -3.41. The van der Waals surface area contributed by atoms with Crippen molar-refractivity contribution < 1.29 is 8.42 Å². The maximum absolute atomic E-state index is 12.1. The lowest BCUT2D eigenvalue weighted by atomic mass is 9.92. The van der Waals surface area contributed by atoms with Gasteiger partial charge in [-0.05, 0) is 44.4 Å². The highest BCUT2D eigenvalue weighted by molar-refractivity contribution is 7.91. The van der Waals surface area contributed by atoms with Crippen LogP contribution in [0.3, 0.4) is 0 Å². The van der Waals surface area contributed by atoms with Gasteiger partial charge in [-0.25, -0.2) is 13.1 Å². The summed E-state index contributed by atoms with van der Waals surface area (Å²) < 4.78 is 27.9. The monoisotopic (exact) mass is 322 g/mol. The lowest BCUT2D eigenvalue weighted by Gasteiger charge is -2.29. The summed E-state index contributed by atoms with van der Waals surface area (Å²) in [5.41, 5.74) is 0. The van der Waals surface area contributed by atoms with Gasteiger partial charge in [-0.3, -0.25) is 0 Å². The molecule has 19 heavy (non-hydrogen) atoms. The number of nitrogens with one attached hydrogen (secondary N) is 2. The van der Waals surface area contributed by atoms with Crippen LogP contribution in [0.1, 0.15) is 32.6 Å². The highest BCUT2D eigenvalue weighted by atomic mass is 35.5. The zero-order valence-corrected chi connectivity index (χ0v) is 13.2. The Morgan fingerprint density at radius 2 is 1.89 bits per heavy atom. The maximum Gasteiger partial charge on any atom is 0.250 e. The SMILES string of the molecule is CCNC1CCC(NS(=O)(=O)c2ccc(Cl)s2)CC1. The minimum Gasteiger partial charge on any atom is -0.314 e. The summed E-state index contributed by atoms with van der Waals surface area (Å²) in [6.07, 6.45) is 3.81. The Hall–Kier alpha value is -0.140. The smallest absolute Gasteiger partial charge is 0.250 e. The van der Waals surface area contributed by atoms with Crippen LogP contribution in [-0.4, -0.2) is 27.0 Å². The lowest BCUT2D eigenvalue weighted by Crippen LogP contribution is -2.41. The van der Waals surface area contributed by atoms with E-state index in [0.717, 1.165) is 43.6 Å². The van der Waals surface area contributed by atoms with E-state index in [0.29, 0.717) is 14.6 Å². The third-order valence-electron chi connectivity index (χ3n) is 3.36. The average molecular weight is 323 g/mol. The zero-order valence-electron chi connectivity index (χ0n) is 10.9. The summed E-state index contributed by atoms with van der Waals surface area (Å²) in [5, 5.41) is 3.41. The highest BCUT2D eigenvalue weighted by Crippen LogP contribution is 2.27. The molecule has 108 valence electrons. The molecule has 0 aliphatic heterocycles. The Morgan fingerprint density at radius 3 is 2.42 bits per heavy atom.